The fourth-order valence-corrected chi connectivity index (χ4v) is 0.895. The summed E-state index contributed by atoms with van der Waals surface area (Å²) >= 11 is 0. The number of aromatic nitrogens is 1. The monoisotopic (exact) mass is 235 g/mol. The van der Waals surface area contributed by atoms with Crippen molar-refractivity contribution in [3.05, 3.63) is 23.9 Å². The number of hydrogen-bond donors (Lipinski definition) is 1. The van der Waals surface area contributed by atoms with Crippen molar-refractivity contribution in [2.24, 2.45) is 0 Å². The Morgan fingerprint density at radius 1 is 1.38 bits per heavy atom. The minimum absolute atomic E-state index is 0.0597. The zero-order chi connectivity index (χ0) is 12.4. The van der Waals surface area contributed by atoms with Crippen LogP contribution in [0.2, 0.25) is 0 Å². The lowest BCUT2D eigenvalue weighted by Crippen LogP contribution is -2.47. The molecule has 90 valence electrons. The minimum Gasteiger partial charge on any atom is -0.474 e. The molecule has 0 aromatic carbocycles. The molecule has 0 aliphatic rings. The van der Waals surface area contributed by atoms with Crippen molar-refractivity contribution in [2.45, 2.75) is 25.6 Å². The molecule has 1 heterocycles. The molecule has 0 radical (unpaired) electrons. The SMILES string of the molecule is Cc1cccc(OCC(C)(O)C(F)(F)F)n1. The molecule has 1 rings (SSSR count). The van der Waals surface area contributed by atoms with E-state index in [1.807, 2.05) is 0 Å². The molecule has 0 amide bonds. The Kier molecular flexibility index (Phi) is 3.42. The predicted molar refractivity (Wildman–Crippen MR) is 51.1 cm³/mol. The summed E-state index contributed by atoms with van der Waals surface area (Å²) in [6.45, 7) is 1.46. The van der Waals surface area contributed by atoms with Gasteiger partial charge in [0.25, 0.3) is 0 Å². The van der Waals surface area contributed by atoms with E-state index in [-0.39, 0.29) is 5.88 Å². The quantitative estimate of drug-likeness (QED) is 0.872. The van der Waals surface area contributed by atoms with Gasteiger partial charge in [0.2, 0.25) is 5.88 Å². The van der Waals surface area contributed by atoms with Gasteiger partial charge in [0, 0.05) is 11.8 Å². The first-order valence-corrected chi connectivity index (χ1v) is 4.58. The molecule has 1 N–H and O–H groups in total. The molecule has 0 spiro atoms. The van der Waals surface area contributed by atoms with Gasteiger partial charge in [-0.1, -0.05) is 6.07 Å². The third-order valence-corrected chi connectivity index (χ3v) is 1.97. The van der Waals surface area contributed by atoms with Gasteiger partial charge in [0.05, 0.1) is 0 Å². The van der Waals surface area contributed by atoms with E-state index in [1.54, 1.807) is 19.1 Å². The van der Waals surface area contributed by atoms with E-state index in [0.29, 0.717) is 12.6 Å². The highest BCUT2D eigenvalue weighted by atomic mass is 19.4. The van der Waals surface area contributed by atoms with Crippen molar-refractivity contribution in [3.8, 4) is 5.88 Å². The summed E-state index contributed by atoms with van der Waals surface area (Å²) in [5.74, 6) is 0.0597. The average molecular weight is 235 g/mol. The lowest BCUT2D eigenvalue weighted by molar-refractivity contribution is -0.260. The average Bonchev–Trinajstić information content (AvgIpc) is 2.13. The molecule has 6 heteroatoms. The molecular weight excluding hydrogens is 223 g/mol. The maximum atomic E-state index is 12.3. The van der Waals surface area contributed by atoms with Crippen LogP contribution in [0.25, 0.3) is 0 Å². The van der Waals surface area contributed by atoms with Crippen molar-refractivity contribution < 1.29 is 23.0 Å². The molecule has 1 aromatic rings. The van der Waals surface area contributed by atoms with E-state index in [2.05, 4.69) is 4.98 Å². The summed E-state index contributed by atoms with van der Waals surface area (Å²) in [4.78, 5) is 3.86. The second-order valence-electron chi connectivity index (χ2n) is 3.68. The number of rotatable bonds is 3. The molecule has 0 saturated carbocycles. The molecule has 1 atom stereocenters. The van der Waals surface area contributed by atoms with Gasteiger partial charge in [-0.3, -0.25) is 0 Å². The molecule has 0 fully saturated rings. The summed E-state index contributed by atoms with van der Waals surface area (Å²) in [6.07, 6.45) is -4.73. The van der Waals surface area contributed by atoms with E-state index in [0.717, 1.165) is 0 Å². The number of halogens is 3. The van der Waals surface area contributed by atoms with E-state index in [9.17, 15) is 13.2 Å². The predicted octanol–water partition coefficient (Wildman–Crippen LogP) is 2.08. The Morgan fingerprint density at radius 3 is 2.50 bits per heavy atom. The van der Waals surface area contributed by atoms with Crippen LogP contribution >= 0.6 is 0 Å². The van der Waals surface area contributed by atoms with Gasteiger partial charge >= 0.3 is 6.18 Å². The zero-order valence-electron chi connectivity index (χ0n) is 8.88. The molecule has 1 aromatic heterocycles. The van der Waals surface area contributed by atoms with Crippen LogP contribution in [0.3, 0.4) is 0 Å². The van der Waals surface area contributed by atoms with Gasteiger partial charge in [0.1, 0.15) is 6.61 Å². The first-order chi connectivity index (χ1) is 7.22. The summed E-state index contributed by atoms with van der Waals surface area (Å²) in [6, 6.07) is 4.73. The van der Waals surface area contributed by atoms with Crippen LogP contribution < -0.4 is 4.74 Å². The van der Waals surface area contributed by atoms with Crippen LogP contribution in [-0.2, 0) is 0 Å². The van der Waals surface area contributed by atoms with Crippen LogP contribution in [0.4, 0.5) is 13.2 Å². The van der Waals surface area contributed by atoms with Gasteiger partial charge in [-0.05, 0) is 19.9 Å². The summed E-state index contributed by atoms with van der Waals surface area (Å²) in [7, 11) is 0. The van der Waals surface area contributed by atoms with Crippen molar-refractivity contribution >= 4 is 0 Å². The first-order valence-electron chi connectivity index (χ1n) is 4.58. The van der Waals surface area contributed by atoms with E-state index >= 15 is 0 Å². The first kappa shape index (κ1) is 12.8. The van der Waals surface area contributed by atoms with Crippen LogP contribution in [0, 0.1) is 6.92 Å². The van der Waals surface area contributed by atoms with Gasteiger partial charge in [-0.25, -0.2) is 4.98 Å². The molecule has 0 saturated heterocycles. The number of nitrogens with zero attached hydrogens (tertiary/aromatic N) is 1. The second kappa shape index (κ2) is 4.29. The number of hydrogen-bond acceptors (Lipinski definition) is 3. The summed E-state index contributed by atoms with van der Waals surface area (Å²) in [5.41, 5.74) is -2.25. The van der Waals surface area contributed by atoms with Crippen LogP contribution in [0.1, 0.15) is 12.6 Å². The van der Waals surface area contributed by atoms with E-state index in [1.165, 1.54) is 6.07 Å². The molecule has 0 aliphatic carbocycles. The largest absolute Gasteiger partial charge is 0.474 e. The van der Waals surface area contributed by atoms with Gasteiger partial charge in [0.15, 0.2) is 5.60 Å². The number of pyridine rings is 1. The number of alkyl halides is 3. The number of ether oxygens (including phenoxy) is 1. The molecule has 1 unspecified atom stereocenters. The van der Waals surface area contributed by atoms with Crippen molar-refractivity contribution in [3.63, 3.8) is 0 Å². The van der Waals surface area contributed by atoms with Gasteiger partial charge in [-0.2, -0.15) is 13.2 Å². The van der Waals surface area contributed by atoms with Crippen molar-refractivity contribution in [1.29, 1.82) is 0 Å². The smallest absolute Gasteiger partial charge is 0.420 e. The number of aliphatic hydroxyl groups is 1. The lowest BCUT2D eigenvalue weighted by atomic mass is 10.1. The fourth-order valence-electron chi connectivity index (χ4n) is 0.895. The Morgan fingerprint density at radius 2 is 2.00 bits per heavy atom. The molecule has 0 aliphatic heterocycles. The molecule has 3 nitrogen and oxygen atoms in total. The highest BCUT2D eigenvalue weighted by molar-refractivity contribution is 5.14. The third kappa shape index (κ3) is 3.10. The van der Waals surface area contributed by atoms with Crippen LogP contribution in [0.5, 0.6) is 5.88 Å². The molecular formula is C10H12F3NO2. The topological polar surface area (TPSA) is 42.4 Å². The van der Waals surface area contributed by atoms with Crippen molar-refractivity contribution in [2.75, 3.05) is 6.61 Å². The van der Waals surface area contributed by atoms with Crippen LogP contribution in [-0.4, -0.2) is 28.5 Å². The van der Waals surface area contributed by atoms with Gasteiger partial charge in [-0.15, -0.1) is 0 Å². The Labute approximate surface area is 90.9 Å². The normalized spacial score (nSPS) is 15.6. The zero-order valence-corrected chi connectivity index (χ0v) is 8.88. The second-order valence-corrected chi connectivity index (χ2v) is 3.68. The van der Waals surface area contributed by atoms with Crippen molar-refractivity contribution in [1.82, 2.24) is 4.98 Å². The Hall–Kier alpha value is -1.30. The van der Waals surface area contributed by atoms with E-state index in [4.69, 9.17) is 9.84 Å². The van der Waals surface area contributed by atoms with Gasteiger partial charge < -0.3 is 9.84 Å². The highest BCUT2D eigenvalue weighted by Gasteiger charge is 2.50. The summed E-state index contributed by atoms with van der Waals surface area (Å²) in [5, 5.41) is 9.10. The number of aryl methyl sites for hydroxylation is 1. The maximum absolute atomic E-state index is 12.3. The standard InChI is InChI=1S/C10H12F3NO2/c1-7-4-3-5-8(14-7)16-6-9(2,15)10(11,12)13/h3-5,15H,6H2,1-2H3. The Bertz CT molecular complexity index is 363. The molecule has 16 heavy (non-hydrogen) atoms. The minimum atomic E-state index is -4.73. The third-order valence-electron chi connectivity index (χ3n) is 1.97. The summed E-state index contributed by atoms with van der Waals surface area (Å²) < 4.78 is 41.6. The maximum Gasteiger partial charge on any atom is 0.420 e. The fraction of sp³-hybridized carbons (Fsp3) is 0.500. The Balaban J connectivity index is 2.65. The highest BCUT2D eigenvalue weighted by Crippen LogP contribution is 2.30. The van der Waals surface area contributed by atoms with Crippen LogP contribution in [0.15, 0.2) is 18.2 Å². The molecule has 0 bridgehead atoms. The van der Waals surface area contributed by atoms with E-state index < -0.39 is 18.4 Å². The lowest BCUT2D eigenvalue weighted by Gasteiger charge is -2.25.